The number of anilines is 1. The minimum absolute atomic E-state index is 0.515. The first-order chi connectivity index (χ1) is 9.61. The first-order valence-electron chi connectivity index (χ1n) is 7.74. The summed E-state index contributed by atoms with van der Waals surface area (Å²) in [7, 11) is 0. The molecule has 1 atom stereocenters. The van der Waals surface area contributed by atoms with Crippen LogP contribution in [-0.2, 0) is 6.54 Å². The van der Waals surface area contributed by atoms with Gasteiger partial charge < -0.3 is 15.3 Å². The molecule has 4 heteroatoms. The van der Waals surface area contributed by atoms with E-state index in [4.69, 9.17) is 0 Å². The Morgan fingerprint density at radius 3 is 2.90 bits per heavy atom. The number of aromatic nitrogens is 1. The molecule has 1 aliphatic heterocycles. The van der Waals surface area contributed by atoms with Crippen LogP contribution in [0.2, 0.25) is 0 Å². The average molecular weight is 277 g/mol. The predicted octanol–water partition coefficient (Wildman–Crippen LogP) is 2.32. The summed E-state index contributed by atoms with van der Waals surface area (Å²) in [4.78, 5) is 6.86. The maximum atomic E-state index is 10.1. The fourth-order valence-corrected chi connectivity index (χ4v) is 2.61. The van der Waals surface area contributed by atoms with E-state index in [1.54, 1.807) is 0 Å². The van der Waals surface area contributed by atoms with Gasteiger partial charge in [0.25, 0.3) is 0 Å². The van der Waals surface area contributed by atoms with Crippen molar-refractivity contribution in [3.05, 3.63) is 23.9 Å². The molecule has 0 amide bonds. The van der Waals surface area contributed by atoms with Gasteiger partial charge in [-0.1, -0.05) is 13.0 Å². The van der Waals surface area contributed by atoms with Gasteiger partial charge in [-0.15, -0.1) is 0 Å². The van der Waals surface area contributed by atoms with Gasteiger partial charge in [0.2, 0.25) is 0 Å². The molecular formula is C16H27N3O. The summed E-state index contributed by atoms with van der Waals surface area (Å²) in [6, 6.07) is 4.25. The summed E-state index contributed by atoms with van der Waals surface area (Å²) < 4.78 is 0. The highest BCUT2D eigenvalue weighted by Crippen LogP contribution is 2.24. The van der Waals surface area contributed by atoms with E-state index in [1.807, 2.05) is 13.1 Å². The van der Waals surface area contributed by atoms with Gasteiger partial charge in [0.15, 0.2) is 0 Å². The highest BCUT2D eigenvalue weighted by atomic mass is 16.3. The molecule has 0 saturated carbocycles. The van der Waals surface area contributed by atoms with Crippen LogP contribution in [0.1, 0.15) is 45.1 Å². The summed E-state index contributed by atoms with van der Waals surface area (Å²) in [5.74, 6) is 1.03. The molecule has 2 rings (SSSR count). The lowest BCUT2D eigenvalue weighted by molar-refractivity contribution is 0.0481. The third-order valence-corrected chi connectivity index (χ3v) is 3.95. The summed E-state index contributed by atoms with van der Waals surface area (Å²) in [5.41, 5.74) is 0.711. The van der Waals surface area contributed by atoms with Crippen molar-refractivity contribution < 1.29 is 5.11 Å². The zero-order valence-corrected chi connectivity index (χ0v) is 12.7. The van der Waals surface area contributed by atoms with E-state index in [1.165, 1.54) is 5.56 Å². The number of rotatable bonds is 5. The Hall–Kier alpha value is -1.13. The lowest BCUT2D eigenvalue weighted by atomic mass is 9.98. The van der Waals surface area contributed by atoms with E-state index >= 15 is 0 Å². The van der Waals surface area contributed by atoms with E-state index in [2.05, 4.69) is 34.3 Å². The molecule has 1 aromatic rings. The molecule has 0 aromatic carbocycles. The Labute approximate surface area is 122 Å². The molecule has 0 spiro atoms. The molecule has 0 bridgehead atoms. The molecule has 2 N–H and O–H groups in total. The SMILES string of the molecule is CCCNCc1ccc(N2CCCC(C)(O)CC2)nc1. The van der Waals surface area contributed by atoms with Crippen LogP contribution in [0.25, 0.3) is 0 Å². The topological polar surface area (TPSA) is 48.4 Å². The highest BCUT2D eigenvalue weighted by Gasteiger charge is 2.25. The molecule has 20 heavy (non-hydrogen) atoms. The maximum absolute atomic E-state index is 10.1. The fraction of sp³-hybridized carbons (Fsp3) is 0.688. The van der Waals surface area contributed by atoms with Gasteiger partial charge in [0.05, 0.1) is 5.60 Å². The molecule has 0 radical (unpaired) electrons. The molecule has 4 nitrogen and oxygen atoms in total. The minimum Gasteiger partial charge on any atom is -0.390 e. The third-order valence-electron chi connectivity index (χ3n) is 3.95. The molecular weight excluding hydrogens is 250 g/mol. The van der Waals surface area contributed by atoms with Crippen LogP contribution in [0.3, 0.4) is 0 Å². The van der Waals surface area contributed by atoms with Crippen molar-refractivity contribution in [1.82, 2.24) is 10.3 Å². The van der Waals surface area contributed by atoms with Gasteiger partial charge in [-0.25, -0.2) is 4.98 Å². The quantitative estimate of drug-likeness (QED) is 0.811. The second kappa shape index (κ2) is 7.04. The molecule has 1 aliphatic rings. The average Bonchev–Trinajstić information content (AvgIpc) is 2.61. The van der Waals surface area contributed by atoms with Crippen LogP contribution >= 0.6 is 0 Å². The first kappa shape index (κ1) is 15.3. The standard InChI is InChI=1S/C16H27N3O/c1-3-9-17-12-14-5-6-15(18-13-14)19-10-4-7-16(2,20)8-11-19/h5-6,13,17,20H,3-4,7-12H2,1-2H3. The first-order valence-corrected chi connectivity index (χ1v) is 7.74. The van der Waals surface area contributed by atoms with Crippen LogP contribution in [0.15, 0.2) is 18.3 Å². The number of hydrogen-bond acceptors (Lipinski definition) is 4. The Bertz CT molecular complexity index is 403. The summed E-state index contributed by atoms with van der Waals surface area (Å²) in [6.07, 6.45) is 5.83. The van der Waals surface area contributed by atoms with E-state index in [-0.39, 0.29) is 0 Å². The summed E-state index contributed by atoms with van der Waals surface area (Å²) in [5, 5.41) is 13.5. The Kier molecular flexibility index (Phi) is 5.38. The number of nitrogens with zero attached hydrogens (tertiary/aromatic N) is 2. The molecule has 1 saturated heterocycles. The lowest BCUT2D eigenvalue weighted by Gasteiger charge is -2.23. The van der Waals surface area contributed by atoms with Gasteiger partial charge in [0, 0.05) is 25.8 Å². The van der Waals surface area contributed by atoms with Gasteiger partial charge in [0.1, 0.15) is 5.82 Å². The van der Waals surface area contributed by atoms with Gasteiger partial charge in [-0.05, 0) is 50.8 Å². The van der Waals surface area contributed by atoms with Crippen molar-refractivity contribution >= 4 is 5.82 Å². The number of pyridine rings is 1. The number of aliphatic hydroxyl groups is 1. The maximum Gasteiger partial charge on any atom is 0.128 e. The van der Waals surface area contributed by atoms with Crippen LogP contribution in [0.5, 0.6) is 0 Å². The van der Waals surface area contributed by atoms with Crippen molar-refractivity contribution in [2.45, 2.75) is 51.7 Å². The van der Waals surface area contributed by atoms with Crippen LogP contribution in [0, 0.1) is 0 Å². The van der Waals surface area contributed by atoms with Crippen LogP contribution in [-0.4, -0.2) is 35.3 Å². The molecule has 1 aromatic heterocycles. The molecule has 2 heterocycles. The Morgan fingerprint density at radius 1 is 1.35 bits per heavy atom. The Balaban J connectivity index is 1.92. The second-order valence-electron chi connectivity index (χ2n) is 6.04. The summed E-state index contributed by atoms with van der Waals surface area (Å²) in [6.45, 7) is 7.90. The fourth-order valence-electron chi connectivity index (χ4n) is 2.61. The number of hydrogen-bond donors (Lipinski definition) is 2. The zero-order chi connectivity index (χ0) is 14.4. The van der Waals surface area contributed by atoms with Gasteiger partial charge in [-0.3, -0.25) is 0 Å². The molecule has 0 aliphatic carbocycles. The second-order valence-corrected chi connectivity index (χ2v) is 6.04. The van der Waals surface area contributed by atoms with E-state index < -0.39 is 5.60 Å². The lowest BCUT2D eigenvalue weighted by Crippen LogP contribution is -2.28. The normalized spacial score (nSPS) is 23.6. The predicted molar refractivity (Wildman–Crippen MR) is 82.9 cm³/mol. The van der Waals surface area contributed by atoms with Crippen molar-refractivity contribution in [3.63, 3.8) is 0 Å². The van der Waals surface area contributed by atoms with Crippen LogP contribution in [0.4, 0.5) is 5.82 Å². The highest BCUT2D eigenvalue weighted by molar-refractivity contribution is 5.39. The number of nitrogens with one attached hydrogen (secondary N) is 1. The van der Waals surface area contributed by atoms with Crippen LogP contribution < -0.4 is 10.2 Å². The van der Waals surface area contributed by atoms with Gasteiger partial charge in [-0.2, -0.15) is 0 Å². The third kappa shape index (κ3) is 4.46. The summed E-state index contributed by atoms with van der Waals surface area (Å²) >= 11 is 0. The van der Waals surface area contributed by atoms with E-state index in [0.717, 1.165) is 57.7 Å². The van der Waals surface area contributed by atoms with Crippen molar-refractivity contribution in [1.29, 1.82) is 0 Å². The molecule has 1 fully saturated rings. The smallest absolute Gasteiger partial charge is 0.128 e. The largest absolute Gasteiger partial charge is 0.390 e. The zero-order valence-electron chi connectivity index (χ0n) is 12.7. The van der Waals surface area contributed by atoms with Gasteiger partial charge >= 0.3 is 0 Å². The monoisotopic (exact) mass is 277 g/mol. The van der Waals surface area contributed by atoms with Crippen molar-refractivity contribution in [2.24, 2.45) is 0 Å². The van der Waals surface area contributed by atoms with E-state index in [9.17, 15) is 5.11 Å². The molecule has 112 valence electrons. The van der Waals surface area contributed by atoms with Crippen molar-refractivity contribution in [3.8, 4) is 0 Å². The Morgan fingerprint density at radius 2 is 2.20 bits per heavy atom. The van der Waals surface area contributed by atoms with Crippen molar-refractivity contribution in [2.75, 3.05) is 24.5 Å². The molecule has 1 unspecified atom stereocenters. The van der Waals surface area contributed by atoms with E-state index in [0.29, 0.717) is 0 Å². The minimum atomic E-state index is -0.515.